The van der Waals surface area contributed by atoms with Crippen molar-refractivity contribution in [3.8, 4) is 0 Å². The minimum absolute atomic E-state index is 0.0152. The van der Waals surface area contributed by atoms with Crippen molar-refractivity contribution in [3.63, 3.8) is 0 Å². The number of rotatable bonds is 6. The third-order valence-electron chi connectivity index (χ3n) is 6.27. The highest BCUT2D eigenvalue weighted by atomic mass is 35.5. The Morgan fingerprint density at radius 1 is 1.18 bits per heavy atom. The zero-order valence-corrected chi connectivity index (χ0v) is 20.2. The standard InChI is InChI=1S/C26H26ClFN2O2S/c1-3-17(2)30(26(32)20-6-4-5-7-22(20)28)16-24(31)29-14-12-23-21(13-15-33-23)25(29)18-8-10-19(27)11-9-18/h4-11,13,15,17,25H,3,12,14,16H2,1-2H3. The van der Waals surface area contributed by atoms with E-state index in [0.29, 0.717) is 18.0 Å². The molecule has 2 aromatic carbocycles. The van der Waals surface area contributed by atoms with Crippen LogP contribution in [0.2, 0.25) is 5.02 Å². The van der Waals surface area contributed by atoms with Gasteiger partial charge in [0.05, 0.1) is 11.6 Å². The highest BCUT2D eigenvalue weighted by Crippen LogP contribution is 2.38. The fourth-order valence-corrected chi connectivity index (χ4v) is 5.29. The summed E-state index contributed by atoms with van der Waals surface area (Å²) in [5, 5.41) is 2.69. The first-order valence-corrected chi connectivity index (χ1v) is 12.3. The van der Waals surface area contributed by atoms with E-state index < -0.39 is 11.7 Å². The number of benzene rings is 2. The molecule has 0 aliphatic carbocycles. The third kappa shape index (κ3) is 4.82. The number of carbonyl (C=O) groups is 2. The Kier molecular flexibility index (Phi) is 7.15. The maximum absolute atomic E-state index is 14.4. The lowest BCUT2D eigenvalue weighted by Gasteiger charge is -2.38. The number of hydrogen-bond acceptors (Lipinski definition) is 3. The van der Waals surface area contributed by atoms with Gasteiger partial charge in [0.2, 0.25) is 5.91 Å². The van der Waals surface area contributed by atoms with Crippen molar-refractivity contribution < 1.29 is 14.0 Å². The Morgan fingerprint density at radius 3 is 2.61 bits per heavy atom. The molecule has 172 valence electrons. The van der Waals surface area contributed by atoms with Crippen molar-refractivity contribution in [2.75, 3.05) is 13.1 Å². The van der Waals surface area contributed by atoms with Crippen molar-refractivity contribution in [1.29, 1.82) is 0 Å². The van der Waals surface area contributed by atoms with E-state index in [9.17, 15) is 14.0 Å². The average molecular weight is 485 g/mol. The van der Waals surface area contributed by atoms with Gasteiger partial charge in [0.15, 0.2) is 0 Å². The molecule has 1 aromatic heterocycles. The molecule has 2 atom stereocenters. The zero-order chi connectivity index (χ0) is 23.5. The number of fused-ring (bicyclic) bond motifs is 1. The van der Waals surface area contributed by atoms with E-state index in [1.165, 1.54) is 21.9 Å². The number of hydrogen-bond donors (Lipinski definition) is 0. The van der Waals surface area contributed by atoms with Crippen molar-refractivity contribution in [3.05, 3.63) is 92.4 Å². The van der Waals surface area contributed by atoms with Gasteiger partial charge in [-0.15, -0.1) is 11.3 Å². The molecule has 4 rings (SSSR count). The fraction of sp³-hybridized carbons (Fsp3) is 0.308. The average Bonchev–Trinajstić information content (AvgIpc) is 3.31. The number of thiophene rings is 1. The summed E-state index contributed by atoms with van der Waals surface area (Å²) in [5.41, 5.74) is 2.07. The van der Waals surface area contributed by atoms with E-state index in [4.69, 9.17) is 11.6 Å². The monoisotopic (exact) mass is 484 g/mol. The van der Waals surface area contributed by atoms with Gasteiger partial charge in [0, 0.05) is 22.5 Å². The van der Waals surface area contributed by atoms with E-state index in [1.54, 1.807) is 23.5 Å². The van der Waals surface area contributed by atoms with Crippen molar-refractivity contribution in [2.45, 2.75) is 38.8 Å². The molecule has 0 N–H and O–H groups in total. The van der Waals surface area contributed by atoms with Gasteiger partial charge in [-0.2, -0.15) is 0 Å². The summed E-state index contributed by atoms with van der Waals surface area (Å²) >= 11 is 7.80. The van der Waals surface area contributed by atoms with E-state index in [-0.39, 0.29) is 30.1 Å². The number of carbonyl (C=O) groups excluding carboxylic acids is 2. The molecule has 0 bridgehead atoms. The normalized spacial score (nSPS) is 16.2. The molecule has 0 saturated heterocycles. The molecule has 0 spiro atoms. The predicted molar refractivity (Wildman–Crippen MR) is 130 cm³/mol. The summed E-state index contributed by atoms with van der Waals surface area (Å²) in [6, 6.07) is 15.1. The first-order valence-electron chi connectivity index (χ1n) is 11.1. The molecule has 2 amide bonds. The van der Waals surface area contributed by atoms with Gasteiger partial charge in [-0.1, -0.05) is 42.8 Å². The molecule has 1 aliphatic heterocycles. The number of nitrogens with zero attached hydrogens (tertiary/aromatic N) is 2. The summed E-state index contributed by atoms with van der Waals surface area (Å²) in [7, 11) is 0. The minimum atomic E-state index is -0.580. The second-order valence-electron chi connectivity index (χ2n) is 8.26. The lowest BCUT2D eigenvalue weighted by molar-refractivity contribution is -0.134. The molecule has 2 unspecified atom stereocenters. The molecule has 0 radical (unpaired) electrons. The third-order valence-corrected chi connectivity index (χ3v) is 7.51. The van der Waals surface area contributed by atoms with E-state index >= 15 is 0 Å². The minimum Gasteiger partial charge on any atom is -0.330 e. The Bertz CT molecular complexity index is 1150. The Labute approximate surface area is 202 Å². The van der Waals surface area contributed by atoms with Crippen molar-refractivity contribution in [1.82, 2.24) is 9.80 Å². The van der Waals surface area contributed by atoms with Crippen LogP contribution in [0.4, 0.5) is 4.39 Å². The molecule has 2 heterocycles. The summed E-state index contributed by atoms with van der Waals surface area (Å²) in [6.07, 6.45) is 1.43. The van der Waals surface area contributed by atoms with Crippen LogP contribution in [0.15, 0.2) is 60.0 Å². The highest BCUT2D eigenvalue weighted by molar-refractivity contribution is 7.10. The van der Waals surface area contributed by atoms with Gasteiger partial charge in [-0.05, 0) is 66.6 Å². The number of amides is 2. The lowest BCUT2D eigenvalue weighted by Crippen LogP contribution is -2.49. The smallest absolute Gasteiger partial charge is 0.257 e. The van der Waals surface area contributed by atoms with Crippen LogP contribution in [0, 0.1) is 5.82 Å². The topological polar surface area (TPSA) is 40.6 Å². The summed E-state index contributed by atoms with van der Waals surface area (Å²) < 4.78 is 14.4. The maximum Gasteiger partial charge on any atom is 0.257 e. The second-order valence-corrected chi connectivity index (χ2v) is 9.70. The largest absolute Gasteiger partial charge is 0.330 e. The first-order chi connectivity index (χ1) is 15.9. The molecule has 0 fully saturated rings. The fourth-order valence-electron chi connectivity index (χ4n) is 4.26. The molecular formula is C26H26ClFN2O2S. The Balaban J connectivity index is 1.65. The van der Waals surface area contributed by atoms with E-state index in [0.717, 1.165) is 17.5 Å². The zero-order valence-electron chi connectivity index (χ0n) is 18.6. The highest BCUT2D eigenvalue weighted by Gasteiger charge is 2.35. The van der Waals surface area contributed by atoms with Crippen LogP contribution in [-0.2, 0) is 11.2 Å². The molecule has 1 aliphatic rings. The molecule has 7 heteroatoms. The van der Waals surface area contributed by atoms with Crippen LogP contribution in [0.1, 0.15) is 52.7 Å². The van der Waals surface area contributed by atoms with Crippen molar-refractivity contribution in [2.24, 2.45) is 0 Å². The SMILES string of the molecule is CCC(C)N(CC(=O)N1CCc2sccc2C1c1ccc(Cl)cc1)C(=O)c1ccccc1F. The second kappa shape index (κ2) is 10.1. The van der Waals surface area contributed by atoms with Crippen LogP contribution in [0.5, 0.6) is 0 Å². The van der Waals surface area contributed by atoms with Gasteiger partial charge >= 0.3 is 0 Å². The molecule has 33 heavy (non-hydrogen) atoms. The summed E-state index contributed by atoms with van der Waals surface area (Å²) in [6.45, 7) is 4.29. The van der Waals surface area contributed by atoms with E-state index in [2.05, 4.69) is 11.4 Å². The summed E-state index contributed by atoms with van der Waals surface area (Å²) in [5.74, 6) is -1.20. The van der Waals surface area contributed by atoms with Gasteiger partial charge < -0.3 is 9.80 Å². The first kappa shape index (κ1) is 23.5. The molecule has 0 saturated carbocycles. The van der Waals surface area contributed by atoms with Crippen LogP contribution in [0.25, 0.3) is 0 Å². The van der Waals surface area contributed by atoms with E-state index in [1.807, 2.05) is 43.0 Å². The lowest BCUT2D eigenvalue weighted by atomic mass is 9.93. The van der Waals surface area contributed by atoms with Gasteiger partial charge in [0.25, 0.3) is 5.91 Å². The Morgan fingerprint density at radius 2 is 1.91 bits per heavy atom. The predicted octanol–water partition coefficient (Wildman–Crippen LogP) is 5.96. The van der Waals surface area contributed by atoms with Crippen LogP contribution in [0.3, 0.4) is 0 Å². The molecular weight excluding hydrogens is 459 g/mol. The van der Waals surface area contributed by atoms with Gasteiger partial charge in [0.1, 0.15) is 12.4 Å². The molecule has 4 nitrogen and oxygen atoms in total. The molecule has 3 aromatic rings. The van der Waals surface area contributed by atoms with Crippen LogP contribution in [-0.4, -0.2) is 40.7 Å². The maximum atomic E-state index is 14.4. The van der Waals surface area contributed by atoms with Gasteiger partial charge in [-0.3, -0.25) is 9.59 Å². The Hall–Kier alpha value is -2.70. The number of halogens is 2. The van der Waals surface area contributed by atoms with Crippen LogP contribution < -0.4 is 0 Å². The van der Waals surface area contributed by atoms with Crippen LogP contribution >= 0.6 is 22.9 Å². The van der Waals surface area contributed by atoms with Crippen molar-refractivity contribution >= 4 is 34.8 Å². The quantitative estimate of drug-likeness (QED) is 0.433. The van der Waals surface area contributed by atoms with Gasteiger partial charge in [-0.25, -0.2) is 4.39 Å². The summed E-state index contributed by atoms with van der Waals surface area (Å²) in [4.78, 5) is 31.5.